The highest BCUT2D eigenvalue weighted by Crippen LogP contribution is 2.58. The molecule has 4 aliphatic heterocycles. The van der Waals surface area contributed by atoms with Crippen molar-refractivity contribution in [2.75, 3.05) is 53.7 Å². The van der Waals surface area contributed by atoms with Crippen LogP contribution < -0.4 is 5.73 Å². The van der Waals surface area contributed by atoms with Crippen molar-refractivity contribution in [3.05, 3.63) is 82.8 Å². The summed E-state index contributed by atoms with van der Waals surface area (Å²) in [6, 6.07) is 8.98. The molecule has 464 valence electrons. The monoisotopic (exact) mass is 1360 g/mol. The average molecular weight is 1360 g/mol. The second kappa shape index (κ2) is 28.6. The number of ketones is 2. The van der Waals surface area contributed by atoms with Gasteiger partial charge in [0.25, 0.3) is 20.2 Å². The number of carbonyl (C=O) groups is 7. The van der Waals surface area contributed by atoms with E-state index in [0.717, 1.165) is 0 Å². The van der Waals surface area contributed by atoms with Crippen LogP contribution in [0.1, 0.15) is 91.4 Å². The molecular weight excluding hydrogens is 1290 g/mol. The number of hydrogen-bond donors (Lipinski definition) is 1. The van der Waals surface area contributed by atoms with Crippen LogP contribution in [0.3, 0.4) is 0 Å². The molecule has 4 saturated heterocycles. The highest BCUT2D eigenvalue weighted by molar-refractivity contribution is 9.10. The molecular formula is C58H76Br2ClN3O18S2. The summed E-state index contributed by atoms with van der Waals surface area (Å²) in [5, 5.41) is 0. The number of likely N-dealkylation sites (tertiary alicyclic amines) is 2. The first-order valence-corrected chi connectivity index (χ1v) is 32.1. The molecule has 4 heterocycles. The third kappa shape index (κ3) is 16.4. The third-order valence-corrected chi connectivity index (χ3v) is 20.4. The maximum atomic E-state index is 14.4. The number of allylic oxidation sites excluding steroid dienone is 2. The number of carbonyl (C=O) groups excluding carboxylic acids is 7. The summed E-state index contributed by atoms with van der Waals surface area (Å²) >= 11 is 6.56. The predicted molar refractivity (Wildman–Crippen MR) is 314 cm³/mol. The number of ether oxygens (including phenoxy) is 5. The van der Waals surface area contributed by atoms with Crippen LogP contribution in [0.5, 0.6) is 0 Å². The molecule has 21 nitrogen and oxygen atoms in total. The highest BCUT2D eigenvalue weighted by Gasteiger charge is 2.63. The van der Waals surface area contributed by atoms with Crippen molar-refractivity contribution < 1.29 is 82.4 Å². The van der Waals surface area contributed by atoms with E-state index in [9.17, 15) is 50.4 Å². The average Bonchev–Trinajstić information content (AvgIpc) is 4.24. The molecule has 2 aliphatic carbocycles. The molecule has 0 bridgehead atoms. The van der Waals surface area contributed by atoms with Crippen molar-refractivity contribution in [3.63, 3.8) is 0 Å². The lowest BCUT2D eigenvalue weighted by atomic mass is 9.82. The van der Waals surface area contributed by atoms with Crippen LogP contribution in [-0.4, -0.2) is 158 Å². The fourth-order valence-electron chi connectivity index (χ4n) is 11.9. The number of nitrogens with zero attached hydrogens (tertiary/aromatic N) is 2. The molecule has 0 radical (unpaired) electrons. The molecule has 6 aliphatic rings. The summed E-state index contributed by atoms with van der Waals surface area (Å²) < 4.78 is 91.2. The largest absolute Gasteiger partial charge is 0.469 e. The van der Waals surface area contributed by atoms with Crippen molar-refractivity contribution in [3.8, 4) is 0 Å². The normalized spacial score (nSPS) is 26.9. The number of halogens is 3. The Bertz CT molecular complexity index is 2990. The molecule has 2 saturated carbocycles. The lowest BCUT2D eigenvalue weighted by molar-refractivity contribution is -0.160. The molecule has 2 amide bonds. The first-order valence-electron chi connectivity index (χ1n) is 27.7. The molecule has 0 unspecified atom stereocenters. The molecule has 26 heteroatoms. The first-order chi connectivity index (χ1) is 39.1. The van der Waals surface area contributed by atoms with Gasteiger partial charge < -0.3 is 39.2 Å². The number of Topliss-reactive ketones (excluding diaryl/α,β-unsaturated/α-hetero) is 2. The maximum absolute atomic E-state index is 14.4. The van der Waals surface area contributed by atoms with E-state index in [1.807, 2.05) is 0 Å². The Hall–Kier alpha value is -4.44. The van der Waals surface area contributed by atoms with Gasteiger partial charge in [0, 0.05) is 74.1 Å². The maximum Gasteiger partial charge on any atom is 0.312 e. The Morgan fingerprint density at radius 1 is 0.667 bits per heavy atom. The number of nitrogens with two attached hydrogens (primary N) is 1. The summed E-state index contributed by atoms with van der Waals surface area (Å²) in [5.74, 6) is -4.87. The summed E-state index contributed by atoms with van der Waals surface area (Å²) in [4.78, 5) is 96.3. The highest BCUT2D eigenvalue weighted by atomic mass is 79.9. The van der Waals surface area contributed by atoms with Gasteiger partial charge in [-0.2, -0.15) is 16.8 Å². The minimum atomic E-state index is -4.24. The molecule has 2 aromatic carbocycles. The minimum absolute atomic E-state index is 0. The molecule has 8 rings (SSSR count). The van der Waals surface area contributed by atoms with Gasteiger partial charge in [-0.1, -0.05) is 44.0 Å². The van der Waals surface area contributed by atoms with Gasteiger partial charge in [0.05, 0.1) is 77.5 Å². The number of methoxy groups -OCH3 is 2. The van der Waals surface area contributed by atoms with E-state index in [0.29, 0.717) is 73.9 Å². The lowest BCUT2D eigenvalue weighted by Crippen LogP contribution is -2.52. The van der Waals surface area contributed by atoms with Crippen molar-refractivity contribution >= 4 is 106 Å². The predicted octanol–water partition coefficient (Wildman–Crippen LogP) is 6.85. The van der Waals surface area contributed by atoms with Gasteiger partial charge in [0.15, 0.2) is 11.6 Å². The van der Waals surface area contributed by atoms with Crippen LogP contribution in [0, 0.1) is 40.4 Å². The SMILES string of the molecule is C=C[C@@H]1C[C@]1(CC(=O)[C@@H]1C[C@H](OS(=O)(=O)c2ccc(Br)cc2)CN1C(=O)[C@@H](CC(=O)OC(C)(C)C)C1CCOCC1)C(=O)OC.C=C[C@@H]1C[C@]1(CC(=O)[C@@H]1C[C@H](OS(=O)(=O)c2ccc(Br)cc2)CN1C(=O)[C@@H](N)C1CCOCC1)C(=O)OC.Cl. The third-order valence-electron chi connectivity index (χ3n) is 16.6. The number of benzene rings is 2. The van der Waals surface area contributed by atoms with E-state index in [2.05, 4.69) is 45.0 Å². The molecule has 10 atom stereocenters. The summed E-state index contributed by atoms with van der Waals surface area (Å²) in [6.07, 6.45) is 3.69. The van der Waals surface area contributed by atoms with E-state index < -0.39 is 108 Å². The molecule has 0 aromatic heterocycles. The van der Waals surface area contributed by atoms with Gasteiger partial charge in [-0.15, -0.1) is 25.6 Å². The zero-order valence-corrected chi connectivity index (χ0v) is 53.4. The van der Waals surface area contributed by atoms with Gasteiger partial charge >= 0.3 is 17.9 Å². The lowest BCUT2D eigenvalue weighted by Gasteiger charge is -2.34. The summed E-state index contributed by atoms with van der Waals surface area (Å²) in [5.41, 5.74) is 3.49. The Morgan fingerprint density at radius 2 is 1.05 bits per heavy atom. The molecule has 2 N–H and O–H groups in total. The zero-order valence-electron chi connectivity index (χ0n) is 47.8. The van der Waals surface area contributed by atoms with E-state index in [1.54, 1.807) is 57.2 Å². The van der Waals surface area contributed by atoms with E-state index in [4.69, 9.17) is 37.8 Å². The van der Waals surface area contributed by atoms with Gasteiger partial charge in [-0.05, 0) is 131 Å². The Balaban J connectivity index is 0.000000270. The van der Waals surface area contributed by atoms with Crippen LogP contribution in [0.25, 0.3) is 0 Å². The number of esters is 3. The van der Waals surface area contributed by atoms with Crippen molar-refractivity contribution in [2.24, 2.45) is 46.2 Å². The van der Waals surface area contributed by atoms with Gasteiger partial charge in [-0.25, -0.2) is 0 Å². The Kier molecular flexibility index (Phi) is 23.4. The molecule has 6 fully saturated rings. The number of hydrogen-bond acceptors (Lipinski definition) is 19. The van der Waals surface area contributed by atoms with E-state index >= 15 is 0 Å². The first kappa shape index (κ1) is 68.7. The fourth-order valence-corrected chi connectivity index (χ4v) is 14.6. The van der Waals surface area contributed by atoms with Crippen molar-refractivity contribution in [2.45, 2.75) is 137 Å². The smallest absolute Gasteiger partial charge is 0.312 e. The quantitative estimate of drug-likeness (QED) is 0.0546. The minimum Gasteiger partial charge on any atom is -0.469 e. The Morgan fingerprint density at radius 3 is 1.40 bits per heavy atom. The van der Waals surface area contributed by atoms with Gasteiger partial charge in [-0.3, -0.25) is 41.9 Å². The van der Waals surface area contributed by atoms with Gasteiger partial charge in [0.2, 0.25) is 11.8 Å². The number of rotatable bonds is 22. The van der Waals surface area contributed by atoms with Crippen molar-refractivity contribution in [1.82, 2.24) is 9.80 Å². The summed E-state index contributed by atoms with van der Waals surface area (Å²) in [7, 11) is -5.88. The van der Waals surface area contributed by atoms with Crippen LogP contribution in [0.4, 0.5) is 0 Å². The molecule has 84 heavy (non-hydrogen) atoms. The molecule has 2 aromatic rings. The fraction of sp³-hybridized carbons (Fsp3) is 0.603. The van der Waals surface area contributed by atoms with E-state index in [-0.39, 0.29) is 96.8 Å². The Labute approximate surface area is 514 Å². The van der Waals surface area contributed by atoms with Crippen LogP contribution >= 0.6 is 44.3 Å². The summed E-state index contributed by atoms with van der Waals surface area (Å²) in [6.45, 7) is 14.3. The standard InChI is InChI=1S/C32H42BrNO10S.C26H33BrN2O8S.ClH/c1-6-21-17-32(21,30(38)41-5)18-27(35)26-15-23(44-45(39,40)24-9-7-22(33)8-10-24)19-34(26)29(37)25(20-11-13-42-14-12-20)16-28(36)43-31(2,3)4;1-3-17-13-26(17,25(32)35-2)14-22(30)21-12-19(37-38(33,34)20-6-4-18(27)5-7-20)15-29(21)24(31)23(28)16-8-10-36-11-9-16;/h6-10,20-21,23,25-26H,1,11-19H2,2-5H3;3-7,16-17,19,21,23H,1,8-15,28H2,2H3;1H/t21-,23+,25+,26+,32-;17-,19+,21+,23+,26-;/m11./s1. The molecule has 0 spiro atoms. The zero-order chi connectivity index (χ0) is 60.8. The van der Waals surface area contributed by atoms with E-state index in [1.165, 1.54) is 48.3 Å². The number of amides is 2. The van der Waals surface area contributed by atoms with Crippen LogP contribution in [0.2, 0.25) is 0 Å². The second-order valence-electron chi connectivity index (χ2n) is 23.2. The topological polar surface area (TPSA) is 285 Å². The van der Waals surface area contributed by atoms with Crippen LogP contribution in [-0.2, 0) is 85.8 Å². The van der Waals surface area contributed by atoms with Gasteiger partial charge in [0.1, 0.15) is 5.60 Å². The van der Waals surface area contributed by atoms with Crippen molar-refractivity contribution in [1.29, 1.82) is 0 Å². The second-order valence-corrected chi connectivity index (χ2v) is 28.2. The van der Waals surface area contributed by atoms with Crippen LogP contribution in [0.15, 0.2) is 92.6 Å².